The van der Waals surface area contributed by atoms with Crippen molar-refractivity contribution < 1.29 is 43.0 Å². The van der Waals surface area contributed by atoms with Crippen LogP contribution in [0.2, 0.25) is 0 Å². The number of methoxy groups -OCH3 is 2. The molecule has 0 fully saturated rings. The van der Waals surface area contributed by atoms with Gasteiger partial charge in [0.15, 0.2) is 0 Å². The maximum absolute atomic E-state index is 8.55. The van der Waals surface area contributed by atoms with E-state index < -0.39 is 5.97 Å². The Morgan fingerprint density at radius 1 is 0.655 bits per heavy atom. The number of hydrogen-bond acceptors (Lipinski definition) is 9. The molecule has 9 nitrogen and oxygen atoms in total. The van der Waals surface area contributed by atoms with Crippen LogP contribution in [0.4, 0.5) is 0 Å². The summed E-state index contributed by atoms with van der Waals surface area (Å²) in [4.78, 5) is 0. The zero-order valence-electron chi connectivity index (χ0n) is 17.4. The first-order valence-electron chi connectivity index (χ1n) is 9.60. The fourth-order valence-electron chi connectivity index (χ4n) is 2.12. The lowest BCUT2D eigenvalue weighted by Crippen LogP contribution is -2.45. The summed E-state index contributed by atoms with van der Waals surface area (Å²) < 4.78 is 43.2. The van der Waals surface area contributed by atoms with Crippen LogP contribution in [0.15, 0.2) is 30.3 Å². The maximum Gasteiger partial charge on any atom is 0.351 e. The molecule has 0 bridgehead atoms. The first kappa shape index (κ1) is 25.7. The van der Waals surface area contributed by atoms with Gasteiger partial charge in [0.1, 0.15) is 12.4 Å². The van der Waals surface area contributed by atoms with Gasteiger partial charge in [-0.1, -0.05) is 18.2 Å². The molecule has 1 aromatic rings. The monoisotopic (exact) mass is 418 g/mol. The SMILES string of the molecule is COC(COCCOCCOCCOCCOCCO)(OC)Oc1ccccc1. The molecule has 0 aliphatic heterocycles. The van der Waals surface area contributed by atoms with E-state index >= 15 is 0 Å². The van der Waals surface area contributed by atoms with E-state index in [1.54, 1.807) is 0 Å². The number of ether oxygens (including phenoxy) is 8. The van der Waals surface area contributed by atoms with Gasteiger partial charge >= 0.3 is 5.97 Å². The van der Waals surface area contributed by atoms with Crippen LogP contribution in [-0.2, 0) is 33.2 Å². The summed E-state index contributed by atoms with van der Waals surface area (Å²) in [6, 6.07) is 9.25. The van der Waals surface area contributed by atoms with Gasteiger partial charge in [0.2, 0.25) is 0 Å². The fraction of sp³-hybridized carbons (Fsp3) is 0.700. The summed E-state index contributed by atoms with van der Waals surface area (Å²) >= 11 is 0. The molecule has 0 radical (unpaired) electrons. The number of benzene rings is 1. The highest BCUT2D eigenvalue weighted by molar-refractivity contribution is 5.21. The van der Waals surface area contributed by atoms with Crippen LogP contribution in [0.3, 0.4) is 0 Å². The first-order valence-corrected chi connectivity index (χ1v) is 9.60. The van der Waals surface area contributed by atoms with Crippen molar-refractivity contribution in [1.29, 1.82) is 0 Å². The molecule has 168 valence electrons. The van der Waals surface area contributed by atoms with Crippen molar-refractivity contribution in [2.24, 2.45) is 0 Å². The van der Waals surface area contributed by atoms with Crippen LogP contribution in [-0.4, -0.2) is 98.0 Å². The van der Waals surface area contributed by atoms with E-state index in [-0.39, 0.29) is 13.2 Å². The molecule has 0 spiro atoms. The Morgan fingerprint density at radius 2 is 1.10 bits per heavy atom. The summed E-state index contributed by atoms with van der Waals surface area (Å²) in [6.07, 6.45) is 0. The topological polar surface area (TPSA) is 94.1 Å². The molecular weight excluding hydrogens is 384 g/mol. The first-order chi connectivity index (χ1) is 14.3. The second kappa shape index (κ2) is 17.5. The van der Waals surface area contributed by atoms with Gasteiger partial charge in [-0.15, -0.1) is 0 Å². The van der Waals surface area contributed by atoms with Crippen molar-refractivity contribution in [3.05, 3.63) is 30.3 Å². The molecule has 0 aliphatic carbocycles. The van der Waals surface area contributed by atoms with Gasteiger partial charge in [0, 0.05) is 14.2 Å². The maximum atomic E-state index is 8.55. The number of para-hydroxylation sites is 1. The third-order valence-electron chi connectivity index (χ3n) is 3.64. The van der Waals surface area contributed by atoms with Gasteiger partial charge in [-0.2, -0.15) is 0 Å². The largest absolute Gasteiger partial charge is 0.437 e. The second-order valence-electron chi connectivity index (χ2n) is 5.73. The summed E-state index contributed by atoms with van der Waals surface area (Å²) in [5.74, 6) is -0.692. The Kier molecular flexibility index (Phi) is 15.6. The number of aliphatic hydroxyl groups excluding tert-OH is 1. The van der Waals surface area contributed by atoms with Crippen molar-refractivity contribution in [3.63, 3.8) is 0 Å². The highest BCUT2D eigenvalue weighted by atomic mass is 16.9. The van der Waals surface area contributed by atoms with Crippen molar-refractivity contribution in [3.8, 4) is 5.75 Å². The predicted octanol–water partition coefficient (Wildman–Crippen LogP) is 1.09. The minimum atomic E-state index is -1.31. The van der Waals surface area contributed by atoms with Gasteiger partial charge in [0.05, 0.1) is 66.1 Å². The predicted molar refractivity (Wildman–Crippen MR) is 105 cm³/mol. The van der Waals surface area contributed by atoms with E-state index in [0.717, 1.165) is 0 Å². The molecule has 0 aliphatic rings. The van der Waals surface area contributed by atoms with E-state index in [9.17, 15) is 0 Å². The Labute approximate surface area is 172 Å². The van der Waals surface area contributed by atoms with Gasteiger partial charge in [0.25, 0.3) is 0 Å². The molecule has 0 aromatic heterocycles. The van der Waals surface area contributed by atoms with Gasteiger partial charge in [-0.25, -0.2) is 0 Å². The molecule has 0 saturated carbocycles. The molecule has 0 atom stereocenters. The molecule has 29 heavy (non-hydrogen) atoms. The van der Waals surface area contributed by atoms with Gasteiger partial charge < -0.3 is 43.0 Å². The normalized spacial score (nSPS) is 11.7. The molecular formula is C20H34O9. The van der Waals surface area contributed by atoms with E-state index in [4.69, 9.17) is 43.0 Å². The van der Waals surface area contributed by atoms with Crippen LogP contribution in [0.25, 0.3) is 0 Å². The third-order valence-corrected chi connectivity index (χ3v) is 3.64. The Hall–Kier alpha value is -1.30. The molecule has 0 unspecified atom stereocenters. The average molecular weight is 418 g/mol. The van der Waals surface area contributed by atoms with Crippen LogP contribution in [0, 0.1) is 0 Å². The van der Waals surface area contributed by atoms with Crippen LogP contribution in [0.1, 0.15) is 0 Å². The number of aliphatic hydroxyl groups is 1. The number of rotatable bonds is 20. The quantitative estimate of drug-likeness (QED) is 0.247. The number of hydrogen-bond donors (Lipinski definition) is 1. The Morgan fingerprint density at radius 3 is 1.55 bits per heavy atom. The molecule has 9 heteroatoms. The summed E-state index contributed by atoms with van der Waals surface area (Å²) in [7, 11) is 2.99. The Balaban J connectivity index is 1.98. The molecule has 0 amide bonds. The molecule has 1 N–H and O–H groups in total. The summed E-state index contributed by atoms with van der Waals surface area (Å²) in [6.45, 7) is 4.08. The van der Waals surface area contributed by atoms with Crippen LogP contribution in [0.5, 0.6) is 5.75 Å². The zero-order valence-corrected chi connectivity index (χ0v) is 17.4. The lowest BCUT2D eigenvalue weighted by molar-refractivity contribution is -0.340. The van der Waals surface area contributed by atoms with Crippen LogP contribution >= 0.6 is 0 Å². The van der Waals surface area contributed by atoms with E-state index in [1.165, 1.54) is 14.2 Å². The van der Waals surface area contributed by atoms with Crippen LogP contribution < -0.4 is 4.74 Å². The summed E-state index contributed by atoms with van der Waals surface area (Å²) in [5.41, 5.74) is 0. The highest BCUT2D eigenvalue weighted by Crippen LogP contribution is 2.20. The minimum Gasteiger partial charge on any atom is -0.437 e. The van der Waals surface area contributed by atoms with E-state index in [0.29, 0.717) is 65.2 Å². The van der Waals surface area contributed by atoms with Crippen molar-refractivity contribution in [2.75, 3.05) is 86.9 Å². The molecule has 0 saturated heterocycles. The minimum absolute atomic E-state index is 0.0231. The van der Waals surface area contributed by atoms with E-state index in [1.807, 2.05) is 30.3 Å². The lowest BCUT2D eigenvalue weighted by Gasteiger charge is -2.30. The molecule has 0 heterocycles. The van der Waals surface area contributed by atoms with Crippen molar-refractivity contribution in [2.45, 2.75) is 5.97 Å². The van der Waals surface area contributed by atoms with Crippen molar-refractivity contribution in [1.82, 2.24) is 0 Å². The zero-order chi connectivity index (χ0) is 21.0. The van der Waals surface area contributed by atoms with Crippen molar-refractivity contribution >= 4 is 0 Å². The second-order valence-corrected chi connectivity index (χ2v) is 5.73. The van der Waals surface area contributed by atoms with E-state index in [2.05, 4.69) is 0 Å². The standard InChI is InChI=1S/C20H34O9/c1-22-20(23-2,29-19-6-4-3-5-7-19)18-28-17-16-27-15-14-26-13-12-25-11-10-24-9-8-21/h3-7,21H,8-18H2,1-2H3. The smallest absolute Gasteiger partial charge is 0.351 e. The fourth-order valence-corrected chi connectivity index (χ4v) is 2.12. The molecule has 1 aromatic carbocycles. The summed E-state index contributed by atoms with van der Waals surface area (Å²) in [5, 5.41) is 8.55. The highest BCUT2D eigenvalue weighted by Gasteiger charge is 2.33. The average Bonchev–Trinajstić information content (AvgIpc) is 2.76. The molecule has 1 rings (SSSR count). The lowest BCUT2D eigenvalue weighted by atomic mass is 10.3. The third kappa shape index (κ3) is 12.8. The van der Waals surface area contributed by atoms with Gasteiger partial charge in [-0.05, 0) is 12.1 Å². The van der Waals surface area contributed by atoms with Gasteiger partial charge in [-0.3, -0.25) is 0 Å². The Bertz CT molecular complexity index is 468.